The molecule has 8 heteroatoms. The van der Waals surface area contributed by atoms with Crippen molar-refractivity contribution < 1.29 is 19.3 Å². The van der Waals surface area contributed by atoms with Crippen LogP contribution in [-0.4, -0.2) is 60.6 Å². The average Bonchev–Trinajstić information content (AvgIpc) is 2.37. The minimum absolute atomic E-state index is 0.107. The third-order valence-corrected chi connectivity index (χ3v) is 1.88. The van der Waals surface area contributed by atoms with Crippen LogP contribution in [0.2, 0.25) is 0 Å². The van der Waals surface area contributed by atoms with E-state index in [2.05, 4.69) is 20.3 Å². The molecule has 8 nitrogen and oxygen atoms in total. The molecule has 17 heavy (non-hydrogen) atoms. The van der Waals surface area contributed by atoms with E-state index in [1.807, 2.05) is 0 Å². The van der Waals surface area contributed by atoms with Gasteiger partial charge < -0.3 is 24.6 Å². The first kappa shape index (κ1) is 13.4. The number of nitrogens with one attached hydrogen (secondary N) is 1. The summed E-state index contributed by atoms with van der Waals surface area (Å²) in [5, 5.41) is 12.0. The first-order valence-corrected chi connectivity index (χ1v) is 4.93. The molecule has 0 radical (unpaired) electrons. The van der Waals surface area contributed by atoms with Crippen LogP contribution >= 0.6 is 0 Å². The fourth-order valence-corrected chi connectivity index (χ4v) is 1.11. The molecule has 0 aromatic carbocycles. The standard InChI is InChI=1S/C9H16N4O4/c1-15-5-6(4-14)10-7-11-8(16-2)13-9(12-7)17-3/h6,14H,4-5H2,1-3H3,(H,10,11,12,13). The maximum Gasteiger partial charge on any atom is 0.324 e. The third-order valence-electron chi connectivity index (χ3n) is 1.88. The Morgan fingerprint density at radius 3 is 2.12 bits per heavy atom. The number of ether oxygens (including phenoxy) is 3. The lowest BCUT2D eigenvalue weighted by Crippen LogP contribution is -2.29. The number of aliphatic hydroxyl groups is 1. The van der Waals surface area contributed by atoms with Gasteiger partial charge in [0.1, 0.15) is 0 Å². The van der Waals surface area contributed by atoms with Crippen molar-refractivity contribution in [3.05, 3.63) is 0 Å². The summed E-state index contributed by atoms with van der Waals surface area (Å²) in [6.07, 6.45) is 0. The van der Waals surface area contributed by atoms with Crippen LogP contribution in [-0.2, 0) is 4.74 Å². The first-order chi connectivity index (χ1) is 8.23. The minimum Gasteiger partial charge on any atom is -0.467 e. The summed E-state index contributed by atoms with van der Waals surface area (Å²) >= 11 is 0. The molecule has 1 aromatic heterocycles. The van der Waals surface area contributed by atoms with Crippen LogP contribution in [0.25, 0.3) is 0 Å². The number of rotatable bonds is 7. The highest BCUT2D eigenvalue weighted by Gasteiger charge is 2.12. The van der Waals surface area contributed by atoms with E-state index in [4.69, 9.17) is 19.3 Å². The second kappa shape index (κ2) is 6.81. The van der Waals surface area contributed by atoms with Gasteiger partial charge in [-0.2, -0.15) is 9.97 Å². The summed E-state index contributed by atoms with van der Waals surface area (Å²) in [4.78, 5) is 11.8. The van der Waals surface area contributed by atoms with Crippen LogP contribution in [0, 0.1) is 0 Å². The number of methoxy groups -OCH3 is 3. The molecule has 96 valence electrons. The molecule has 1 rings (SSSR count). The maximum absolute atomic E-state index is 9.10. The van der Waals surface area contributed by atoms with Crippen molar-refractivity contribution in [1.82, 2.24) is 15.0 Å². The summed E-state index contributed by atoms with van der Waals surface area (Å²) in [5.41, 5.74) is 0. The van der Waals surface area contributed by atoms with Gasteiger partial charge in [0.05, 0.1) is 33.5 Å². The first-order valence-electron chi connectivity index (χ1n) is 4.93. The van der Waals surface area contributed by atoms with E-state index in [0.717, 1.165) is 0 Å². The summed E-state index contributed by atoms with van der Waals surface area (Å²) in [5.74, 6) is 0.254. The molecule has 1 aromatic rings. The van der Waals surface area contributed by atoms with Crippen LogP contribution in [0.15, 0.2) is 0 Å². The van der Waals surface area contributed by atoms with Gasteiger partial charge in [-0.05, 0) is 0 Å². The molecule has 2 N–H and O–H groups in total. The van der Waals surface area contributed by atoms with Gasteiger partial charge in [0.25, 0.3) is 0 Å². The predicted molar refractivity (Wildman–Crippen MR) is 59.3 cm³/mol. The quantitative estimate of drug-likeness (QED) is 0.650. The lowest BCUT2D eigenvalue weighted by Gasteiger charge is -2.15. The molecular formula is C9H16N4O4. The van der Waals surface area contributed by atoms with Gasteiger partial charge in [0.2, 0.25) is 5.95 Å². The van der Waals surface area contributed by atoms with Gasteiger partial charge in [-0.1, -0.05) is 0 Å². The van der Waals surface area contributed by atoms with Gasteiger partial charge in [-0.15, -0.1) is 4.98 Å². The highest BCUT2D eigenvalue weighted by atomic mass is 16.5. The Bertz CT molecular complexity index is 328. The second-order valence-corrected chi connectivity index (χ2v) is 3.11. The topological polar surface area (TPSA) is 98.6 Å². The fraction of sp³-hybridized carbons (Fsp3) is 0.667. The van der Waals surface area contributed by atoms with Crippen molar-refractivity contribution in [3.63, 3.8) is 0 Å². The number of nitrogens with zero attached hydrogens (tertiary/aromatic N) is 3. The number of hydrogen-bond acceptors (Lipinski definition) is 8. The Balaban J connectivity index is 2.81. The summed E-state index contributed by atoms with van der Waals surface area (Å²) in [7, 11) is 4.42. The van der Waals surface area contributed by atoms with Crippen molar-refractivity contribution in [1.29, 1.82) is 0 Å². The Morgan fingerprint density at radius 1 is 1.12 bits per heavy atom. The fourth-order valence-electron chi connectivity index (χ4n) is 1.11. The SMILES string of the molecule is COCC(CO)Nc1nc(OC)nc(OC)n1. The predicted octanol–water partition coefficient (Wildman–Crippen LogP) is -0.692. The Hall–Kier alpha value is -1.67. The van der Waals surface area contributed by atoms with Crippen LogP contribution < -0.4 is 14.8 Å². The van der Waals surface area contributed by atoms with E-state index in [-0.39, 0.29) is 30.6 Å². The van der Waals surface area contributed by atoms with Crippen LogP contribution in [0.3, 0.4) is 0 Å². The summed E-state index contributed by atoms with van der Waals surface area (Å²) in [6, 6.07) is -0.0428. The van der Waals surface area contributed by atoms with E-state index in [1.165, 1.54) is 14.2 Å². The molecule has 0 saturated carbocycles. The zero-order valence-corrected chi connectivity index (χ0v) is 10.0. The highest BCUT2D eigenvalue weighted by molar-refractivity contribution is 5.29. The normalized spacial score (nSPS) is 12.0. The average molecular weight is 244 g/mol. The Labute approximate surface area is 99.0 Å². The number of aliphatic hydroxyl groups excluding tert-OH is 1. The van der Waals surface area contributed by atoms with Crippen LogP contribution in [0.4, 0.5) is 5.95 Å². The Kier molecular flexibility index (Phi) is 5.37. The van der Waals surface area contributed by atoms with Gasteiger partial charge in [0.15, 0.2) is 0 Å². The molecule has 0 amide bonds. The molecule has 0 aliphatic carbocycles. The maximum atomic E-state index is 9.10. The molecular weight excluding hydrogens is 228 g/mol. The molecule has 0 aliphatic heterocycles. The summed E-state index contributed by atoms with van der Waals surface area (Å²) in [6.45, 7) is 0.219. The lowest BCUT2D eigenvalue weighted by atomic mass is 10.3. The third kappa shape index (κ3) is 4.00. The van der Waals surface area contributed by atoms with Crippen molar-refractivity contribution in [2.45, 2.75) is 6.04 Å². The Morgan fingerprint density at radius 2 is 1.71 bits per heavy atom. The molecule has 1 heterocycles. The van der Waals surface area contributed by atoms with Crippen molar-refractivity contribution >= 4 is 5.95 Å². The molecule has 1 unspecified atom stereocenters. The van der Waals surface area contributed by atoms with Gasteiger partial charge in [0, 0.05) is 7.11 Å². The van der Waals surface area contributed by atoms with E-state index >= 15 is 0 Å². The van der Waals surface area contributed by atoms with Crippen molar-refractivity contribution in [3.8, 4) is 12.0 Å². The van der Waals surface area contributed by atoms with E-state index in [1.54, 1.807) is 7.11 Å². The van der Waals surface area contributed by atoms with Gasteiger partial charge in [-0.25, -0.2) is 0 Å². The zero-order chi connectivity index (χ0) is 12.7. The number of aromatic nitrogens is 3. The lowest BCUT2D eigenvalue weighted by molar-refractivity contribution is 0.153. The molecule has 0 spiro atoms. The van der Waals surface area contributed by atoms with E-state index in [9.17, 15) is 0 Å². The second-order valence-electron chi connectivity index (χ2n) is 3.11. The van der Waals surface area contributed by atoms with Crippen LogP contribution in [0.1, 0.15) is 0 Å². The smallest absolute Gasteiger partial charge is 0.324 e. The molecule has 0 aliphatic rings. The highest BCUT2D eigenvalue weighted by Crippen LogP contribution is 2.12. The van der Waals surface area contributed by atoms with Crippen molar-refractivity contribution in [2.75, 3.05) is 39.9 Å². The number of hydrogen-bond donors (Lipinski definition) is 2. The van der Waals surface area contributed by atoms with Crippen molar-refractivity contribution in [2.24, 2.45) is 0 Å². The van der Waals surface area contributed by atoms with E-state index < -0.39 is 0 Å². The van der Waals surface area contributed by atoms with Gasteiger partial charge in [-0.3, -0.25) is 0 Å². The van der Waals surface area contributed by atoms with Crippen LogP contribution in [0.5, 0.6) is 12.0 Å². The molecule has 0 fully saturated rings. The van der Waals surface area contributed by atoms with E-state index in [0.29, 0.717) is 6.61 Å². The minimum atomic E-state index is -0.309. The number of anilines is 1. The molecule has 1 atom stereocenters. The summed E-state index contributed by atoms with van der Waals surface area (Å²) < 4.78 is 14.7. The monoisotopic (exact) mass is 244 g/mol. The molecule has 0 saturated heterocycles. The van der Waals surface area contributed by atoms with Gasteiger partial charge >= 0.3 is 12.0 Å². The largest absolute Gasteiger partial charge is 0.467 e. The molecule has 0 bridgehead atoms. The zero-order valence-electron chi connectivity index (χ0n) is 10.0.